The van der Waals surface area contributed by atoms with E-state index in [0.29, 0.717) is 5.89 Å². The maximum absolute atomic E-state index is 6.19. The lowest BCUT2D eigenvalue weighted by atomic mass is 10.0. The quantitative estimate of drug-likeness (QED) is 0.218. The van der Waals surface area contributed by atoms with Gasteiger partial charge < -0.3 is 9.32 Å². The van der Waals surface area contributed by atoms with Crippen LogP contribution in [-0.4, -0.2) is 4.98 Å². The summed E-state index contributed by atoms with van der Waals surface area (Å²) in [6, 6.07) is 55.2. The van der Waals surface area contributed by atoms with E-state index in [1.165, 1.54) is 21.9 Å². The van der Waals surface area contributed by atoms with Crippen molar-refractivity contribution in [3.05, 3.63) is 158 Å². The molecule has 7 aromatic carbocycles. The highest BCUT2D eigenvalue weighted by Gasteiger charge is 2.16. The van der Waals surface area contributed by atoms with Crippen LogP contribution < -0.4 is 4.90 Å². The third kappa shape index (κ3) is 4.29. The molecule has 0 amide bonds. The Labute approximate surface area is 243 Å². The Kier molecular flexibility index (Phi) is 5.79. The number of hydrogen-bond donors (Lipinski definition) is 0. The maximum atomic E-state index is 6.19. The van der Waals surface area contributed by atoms with Gasteiger partial charge in [0, 0.05) is 28.0 Å². The number of fused-ring (bicyclic) bond motifs is 4. The number of anilines is 3. The Morgan fingerprint density at radius 3 is 1.86 bits per heavy atom. The van der Waals surface area contributed by atoms with Gasteiger partial charge in [-0.25, -0.2) is 4.98 Å². The van der Waals surface area contributed by atoms with Crippen molar-refractivity contribution in [1.29, 1.82) is 0 Å². The summed E-state index contributed by atoms with van der Waals surface area (Å²) in [5, 5.41) is 4.68. The number of hydrogen-bond acceptors (Lipinski definition) is 3. The summed E-state index contributed by atoms with van der Waals surface area (Å²) in [6.45, 7) is 0. The third-order valence-electron chi connectivity index (χ3n) is 7.86. The van der Waals surface area contributed by atoms with Crippen LogP contribution in [0.2, 0.25) is 0 Å². The van der Waals surface area contributed by atoms with Crippen molar-refractivity contribution in [2.45, 2.75) is 0 Å². The monoisotopic (exact) mass is 538 g/mol. The zero-order valence-electron chi connectivity index (χ0n) is 22.8. The van der Waals surface area contributed by atoms with Crippen LogP contribution in [0.5, 0.6) is 0 Å². The number of aromatic nitrogens is 1. The number of para-hydroxylation sites is 1. The molecule has 0 fully saturated rings. The van der Waals surface area contributed by atoms with Gasteiger partial charge in [-0.3, -0.25) is 0 Å². The van der Waals surface area contributed by atoms with Crippen LogP contribution >= 0.6 is 0 Å². The van der Waals surface area contributed by atoms with Gasteiger partial charge in [-0.2, -0.15) is 0 Å². The number of nitrogens with zero attached hydrogens (tertiary/aromatic N) is 2. The highest BCUT2D eigenvalue weighted by molar-refractivity contribution is 6.06. The fourth-order valence-electron chi connectivity index (χ4n) is 5.74. The topological polar surface area (TPSA) is 29.3 Å². The highest BCUT2D eigenvalue weighted by atomic mass is 16.3. The third-order valence-corrected chi connectivity index (χ3v) is 7.86. The first-order chi connectivity index (χ1) is 20.8. The van der Waals surface area contributed by atoms with E-state index in [9.17, 15) is 0 Å². The van der Waals surface area contributed by atoms with Gasteiger partial charge in [-0.15, -0.1) is 0 Å². The van der Waals surface area contributed by atoms with Gasteiger partial charge in [0.25, 0.3) is 0 Å². The minimum atomic E-state index is 0.632. The van der Waals surface area contributed by atoms with E-state index in [2.05, 4.69) is 126 Å². The van der Waals surface area contributed by atoms with Crippen LogP contribution in [0.25, 0.3) is 55.2 Å². The van der Waals surface area contributed by atoms with Crippen LogP contribution in [0.3, 0.4) is 0 Å². The molecule has 42 heavy (non-hydrogen) atoms. The molecule has 0 N–H and O–H groups in total. The largest absolute Gasteiger partial charge is 0.436 e. The summed E-state index contributed by atoms with van der Waals surface area (Å²) in [7, 11) is 0. The molecule has 1 heterocycles. The van der Waals surface area contributed by atoms with Crippen molar-refractivity contribution in [3.63, 3.8) is 0 Å². The molecule has 0 aliphatic rings. The summed E-state index contributed by atoms with van der Waals surface area (Å²) < 4.78 is 6.19. The van der Waals surface area contributed by atoms with Crippen molar-refractivity contribution < 1.29 is 4.42 Å². The summed E-state index contributed by atoms with van der Waals surface area (Å²) in [5.41, 5.74) is 8.25. The van der Waals surface area contributed by atoms with Gasteiger partial charge in [0.05, 0.1) is 0 Å². The van der Waals surface area contributed by atoms with Gasteiger partial charge in [0.15, 0.2) is 5.58 Å². The molecule has 8 aromatic rings. The van der Waals surface area contributed by atoms with Crippen molar-refractivity contribution in [2.24, 2.45) is 0 Å². The Balaban J connectivity index is 1.23. The fraction of sp³-hybridized carbons (Fsp3) is 0. The number of oxazole rings is 1. The Morgan fingerprint density at radius 2 is 1.05 bits per heavy atom. The molecule has 0 bridgehead atoms. The molecule has 0 aliphatic carbocycles. The minimum Gasteiger partial charge on any atom is -0.436 e. The average molecular weight is 539 g/mol. The van der Waals surface area contributed by atoms with Gasteiger partial charge in [0.1, 0.15) is 5.52 Å². The van der Waals surface area contributed by atoms with Crippen LogP contribution in [0.15, 0.2) is 162 Å². The predicted octanol–water partition coefficient (Wildman–Crippen LogP) is 10.9. The number of benzene rings is 7. The standard InChI is InChI=1S/C39H26N2O/c1-3-10-30(11-4-1)39-40-38-36-26-35(23-19-29(36)20-24-37(38)42-39)41(33-13-5-2-6-14-33)34-21-17-28(18-22-34)32-16-15-27-9-7-8-12-31(27)25-32/h1-26H. The van der Waals surface area contributed by atoms with Crippen molar-refractivity contribution in [1.82, 2.24) is 4.98 Å². The molecular weight excluding hydrogens is 512 g/mol. The predicted molar refractivity (Wildman–Crippen MR) is 175 cm³/mol. The molecule has 0 radical (unpaired) electrons. The number of rotatable bonds is 5. The SMILES string of the molecule is c1ccc(-c2nc3c(ccc4ccc(N(c5ccccc5)c5ccc(-c6ccc7ccccc7c6)cc5)cc43)o2)cc1. The van der Waals surface area contributed by atoms with Crippen molar-refractivity contribution >= 4 is 49.7 Å². The van der Waals surface area contributed by atoms with Crippen LogP contribution in [0.1, 0.15) is 0 Å². The molecule has 0 unspecified atom stereocenters. The van der Waals surface area contributed by atoms with E-state index < -0.39 is 0 Å². The van der Waals surface area contributed by atoms with E-state index in [-0.39, 0.29) is 0 Å². The minimum absolute atomic E-state index is 0.632. The molecule has 3 heteroatoms. The lowest BCUT2D eigenvalue weighted by molar-refractivity contribution is 0.620. The molecule has 0 atom stereocenters. The van der Waals surface area contributed by atoms with E-state index >= 15 is 0 Å². The Hall–Kier alpha value is -5.67. The smallest absolute Gasteiger partial charge is 0.227 e. The molecule has 0 aliphatic heterocycles. The van der Waals surface area contributed by atoms with E-state index in [0.717, 1.165) is 44.5 Å². The first-order valence-electron chi connectivity index (χ1n) is 14.1. The first kappa shape index (κ1) is 24.2. The Bertz CT molecular complexity index is 2180. The van der Waals surface area contributed by atoms with Crippen molar-refractivity contribution in [2.75, 3.05) is 4.90 Å². The van der Waals surface area contributed by atoms with Gasteiger partial charge in [-0.1, -0.05) is 97.1 Å². The molecular formula is C39H26N2O. The molecule has 0 saturated heterocycles. The lowest BCUT2D eigenvalue weighted by Gasteiger charge is -2.26. The van der Waals surface area contributed by atoms with Gasteiger partial charge in [0.2, 0.25) is 5.89 Å². The highest BCUT2D eigenvalue weighted by Crippen LogP contribution is 2.39. The normalized spacial score (nSPS) is 11.3. The van der Waals surface area contributed by atoms with E-state index in [1.807, 2.05) is 36.4 Å². The molecule has 198 valence electrons. The summed E-state index contributed by atoms with van der Waals surface area (Å²) >= 11 is 0. The zero-order chi connectivity index (χ0) is 27.9. The first-order valence-corrected chi connectivity index (χ1v) is 14.1. The van der Waals surface area contributed by atoms with Gasteiger partial charge in [-0.05, 0) is 87.9 Å². The summed E-state index contributed by atoms with van der Waals surface area (Å²) in [6.07, 6.45) is 0. The summed E-state index contributed by atoms with van der Waals surface area (Å²) in [4.78, 5) is 7.23. The maximum Gasteiger partial charge on any atom is 0.227 e. The van der Waals surface area contributed by atoms with Crippen LogP contribution in [0.4, 0.5) is 17.1 Å². The Morgan fingerprint density at radius 1 is 0.429 bits per heavy atom. The second-order valence-corrected chi connectivity index (χ2v) is 10.5. The lowest BCUT2D eigenvalue weighted by Crippen LogP contribution is -2.09. The molecule has 0 spiro atoms. The fourth-order valence-corrected chi connectivity index (χ4v) is 5.74. The van der Waals surface area contributed by atoms with E-state index in [1.54, 1.807) is 0 Å². The zero-order valence-corrected chi connectivity index (χ0v) is 22.8. The second-order valence-electron chi connectivity index (χ2n) is 10.5. The van der Waals surface area contributed by atoms with Crippen molar-refractivity contribution in [3.8, 4) is 22.6 Å². The average Bonchev–Trinajstić information content (AvgIpc) is 3.51. The molecule has 1 aromatic heterocycles. The second kappa shape index (κ2) is 10.1. The summed E-state index contributed by atoms with van der Waals surface area (Å²) in [5.74, 6) is 0.632. The van der Waals surface area contributed by atoms with Gasteiger partial charge >= 0.3 is 0 Å². The van der Waals surface area contributed by atoms with E-state index in [4.69, 9.17) is 9.40 Å². The molecule has 0 saturated carbocycles. The van der Waals surface area contributed by atoms with Crippen LogP contribution in [0, 0.1) is 0 Å². The van der Waals surface area contributed by atoms with Crippen LogP contribution in [-0.2, 0) is 0 Å². The molecule has 8 rings (SSSR count). The molecule has 3 nitrogen and oxygen atoms in total.